The lowest BCUT2D eigenvalue weighted by Gasteiger charge is -2.35. The van der Waals surface area contributed by atoms with Crippen LogP contribution in [0.15, 0.2) is 42.7 Å². The summed E-state index contributed by atoms with van der Waals surface area (Å²) in [6.07, 6.45) is 4.61. The molecule has 1 saturated heterocycles. The fourth-order valence-corrected chi connectivity index (χ4v) is 2.68. The third-order valence-electron chi connectivity index (χ3n) is 4.63. The number of aromatic nitrogens is 2. The van der Waals surface area contributed by atoms with Gasteiger partial charge in [0.25, 0.3) is 0 Å². The molecule has 3 rings (SSSR count). The van der Waals surface area contributed by atoms with Crippen molar-refractivity contribution < 1.29 is 9.31 Å². The zero-order valence-corrected chi connectivity index (χ0v) is 13.0. The Kier molecular flexibility index (Phi) is 3.42. The average Bonchev–Trinajstić information content (AvgIpc) is 3.07. The van der Waals surface area contributed by atoms with Gasteiger partial charge in [-0.15, -0.1) is 0 Å². The molecular formula is C16H21BN2O2. The maximum absolute atomic E-state index is 6.22. The molecule has 0 radical (unpaired) electrons. The van der Waals surface area contributed by atoms with Crippen molar-refractivity contribution in [3.8, 4) is 5.69 Å². The molecule has 4 nitrogen and oxygen atoms in total. The van der Waals surface area contributed by atoms with Crippen LogP contribution in [0.4, 0.5) is 0 Å². The first-order valence-electron chi connectivity index (χ1n) is 7.41. The third kappa shape index (κ3) is 2.41. The van der Waals surface area contributed by atoms with E-state index >= 15 is 0 Å². The first-order chi connectivity index (χ1) is 9.95. The number of rotatable bonds is 3. The molecule has 0 bridgehead atoms. The van der Waals surface area contributed by atoms with Gasteiger partial charge in [-0.3, -0.25) is 0 Å². The van der Waals surface area contributed by atoms with Crippen LogP contribution < -0.4 is 5.46 Å². The normalized spacial score (nSPS) is 24.5. The van der Waals surface area contributed by atoms with E-state index in [1.165, 1.54) is 0 Å². The van der Waals surface area contributed by atoms with Crippen LogP contribution >= 0.6 is 0 Å². The molecule has 1 fully saturated rings. The molecule has 1 aromatic carbocycles. The van der Waals surface area contributed by atoms with E-state index in [2.05, 4.69) is 38.9 Å². The van der Waals surface area contributed by atoms with Crippen molar-refractivity contribution in [2.45, 2.75) is 45.3 Å². The highest BCUT2D eigenvalue weighted by atomic mass is 16.7. The average molecular weight is 284 g/mol. The lowest BCUT2D eigenvalue weighted by Crippen LogP contribution is -2.44. The minimum atomic E-state index is -0.333. The highest BCUT2D eigenvalue weighted by Gasteiger charge is 2.53. The zero-order chi connectivity index (χ0) is 15.1. The second-order valence-electron chi connectivity index (χ2n) is 6.21. The van der Waals surface area contributed by atoms with Crippen molar-refractivity contribution in [3.63, 3.8) is 0 Å². The van der Waals surface area contributed by atoms with Crippen LogP contribution in [0.2, 0.25) is 0 Å². The summed E-state index contributed by atoms with van der Waals surface area (Å²) >= 11 is 0. The fourth-order valence-electron chi connectivity index (χ4n) is 2.68. The summed E-state index contributed by atoms with van der Waals surface area (Å²) in [5.41, 5.74) is 1.44. The summed E-state index contributed by atoms with van der Waals surface area (Å²) in [7, 11) is -0.333. The summed E-state index contributed by atoms with van der Waals surface area (Å²) in [6.45, 7) is 8.43. The van der Waals surface area contributed by atoms with E-state index < -0.39 is 0 Å². The number of hydrogen-bond donors (Lipinski definition) is 0. The molecule has 1 aromatic heterocycles. The maximum atomic E-state index is 6.22. The second kappa shape index (κ2) is 5.00. The minimum absolute atomic E-state index is 0.278. The standard InChI is InChI=1S/C16H21BN2O2/c1-5-16(4)15(2,3)20-17(21-16)13-8-6-9-14(12-13)19-11-7-10-18-19/h6-12H,5H2,1-4H3. The minimum Gasteiger partial charge on any atom is -0.399 e. The summed E-state index contributed by atoms with van der Waals surface area (Å²) in [5, 5.41) is 4.26. The molecule has 0 N–H and O–H groups in total. The molecule has 1 aliphatic heterocycles. The molecule has 2 aromatic rings. The van der Waals surface area contributed by atoms with Crippen LogP contribution in [-0.2, 0) is 9.31 Å². The fraction of sp³-hybridized carbons (Fsp3) is 0.438. The van der Waals surface area contributed by atoms with E-state index in [1.54, 1.807) is 6.20 Å². The van der Waals surface area contributed by atoms with Crippen LogP contribution in [-0.4, -0.2) is 28.1 Å². The van der Waals surface area contributed by atoms with Gasteiger partial charge in [-0.1, -0.05) is 19.1 Å². The van der Waals surface area contributed by atoms with Gasteiger partial charge in [-0.05, 0) is 50.9 Å². The van der Waals surface area contributed by atoms with Crippen molar-refractivity contribution in [1.29, 1.82) is 0 Å². The summed E-state index contributed by atoms with van der Waals surface area (Å²) in [4.78, 5) is 0. The molecule has 21 heavy (non-hydrogen) atoms. The van der Waals surface area contributed by atoms with Gasteiger partial charge in [-0.2, -0.15) is 5.10 Å². The monoisotopic (exact) mass is 284 g/mol. The smallest absolute Gasteiger partial charge is 0.399 e. The predicted molar refractivity (Wildman–Crippen MR) is 83.9 cm³/mol. The van der Waals surface area contributed by atoms with E-state index in [0.717, 1.165) is 17.6 Å². The topological polar surface area (TPSA) is 36.3 Å². The molecule has 2 heterocycles. The third-order valence-corrected chi connectivity index (χ3v) is 4.63. The Morgan fingerprint density at radius 3 is 2.62 bits per heavy atom. The van der Waals surface area contributed by atoms with Crippen LogP contribution in [0, 0.1) is 0 Å². The van der Waals surface area contributed by atoms with Crippen LogP contribution in [0.3, 0.4) is 0 Å². The first-order valence-corrected chi connectivity index (χ1v) is 7.41. The molecule has 0 amide bonds. The Balaban J connectivity index is 1.91. The molecule has 0 saturated carbocycles. The SMILES string of the molecule is CCC1(C)OB(c2cccc(-n3cccn3)c2)OC1(C)C. The van der Waals surface area contributed by atoms with E-state index in [9.17, 15) is 0 Å². The van der Waals surface area contributed by atoms with Gasteiger partial charge in [0.15, 0.2) is 0 Å². The Hall–Kier alpha value is -1.59. The lowest BCUT2D eigenvalue weighted by atomic mass is 9.79. The Morgan fingerprint density at radius 2 is 2.00 bits per heavy atom. The molecule has 1 unspecified atom stereocenters. The van der Waals surface area contributed by atoms with E-state index in [4.69, 9.17) is 9.31 Å². The summed E-state index contributed by atoms with van der Waals surface area (Å²) < 4.78 is 14.2. The second-order valence-corrected chi connectivity index (χ2v) is 6.21. The highest BCUT2D eigenvalue weighted by Crippen LogP contribution is 2.39. The van der Waals surface area contributed by atoms with Gasteiger partial charge in [0.1, 0.15) is 0 Å². The van der Waals surface area contributed by atoms with Crippen molar-refractivity contribution in [2.24, 2.45) is 0 Å². The Labute approximate surface area is 126 Å². The summed E-state index contributed by atoms with van der Waals surface area (Å²) in [5.74, 6) is 0. The predicted octanol–water partition coefficient (Wildman–Crippen LogP) is 2.56. The van der Waals surface area contributed by atoms with Crippen LogP contribution in [0.5, 0.6) is 0 Å². The molecule has 1 aliphatic rings. The molecule has 0 spiro atoms. The molecule has 5 heteroatoms. The molecular weight excluding hydrogens is 263 g/mol. The number of hydrogen-bond acceptors (Lipinski definition) is 3. The van der Waals surface area contributed by atoms with Crippen LogP contribution in [0.25, 0.3) is 5.69 Å². The van der Waals surface area contributed by atoms with E-state index in [1.807, 2.05) is 35.1 Å². The van der Waals surface area contributed by atoms with E-state index in [0.29, 0.717) is 0 Å². The van der Waals surface area contributed by atoms with Crippen molar-refractivity contribution in [1.82, 2.24) is 9.78 Å². The molecule has 110 valence electrons. The van der Waals surface area contributed by atoms with Crippen molar-refractivity contribution in [2.75, 3.05) is 0 Å². The Bertz CT molecular complexity index is 627. The molecule has 1 atom stereocenters. The maximum Gasteiger partial charge on any atom is 0.494 e. The first kappa shape index (κ1) is 14.4. The summed E-state index contributed by atoms with van der Waals surface area (Å²) in [6, 6.07) is 10.0. The van der Waals surface area contributed by atoms with Gasteiger partial charge in [-0.25, -0.2) is 4.68 Å². The largest absolute Gasteiger partial charge is 0.494 e. The van der Waals surface area contributed by atoms with Gasteiger partial charge < -0.3 is 9.31 Å². The van der Waals surface area contributed by atoms with Gasteiger partial charge in [0, 0.05) is 12.4 Å². The molecule has 0 aliphatic carbocycles. The van der Waals surface area contributed by atoms with Crippen molar-refractivity contribution in [3.05, 3.63) is 42.7 Å². The highest BCUT2D eigenvalue weighted by molar-refractivity contribution is 6.62. The van der Waals surface area contributed by atoms with Gasteiger partial charge in [0.05, 0.1) is 16.9 Å². The lowest BCUT2D eigenvalue weighted by molar-refractivity contribution is -0.0118. The number of nitrogens with zero attached hydrogens (tertiary/aromatic N) is 2. The van der Waals surface area contributed by atoms with Gasteiger partial charge >= 0.3 is 7.12 Å². The number of benzene rings is 1. The zero-order valence-electron chi connectivity index (χ0n) is 13.0. The van der Waals surface area contributed by atoms with Crippen LogP contribution in [0.1, 0.15) is 34.1 Å². The Morgan fingerprint density at radius 1 is 1.19 bits per heavy atom. The van der Waals surface area contributed by atoms with E-state index in [-0.39, 0.29) is 18.3 Å². The van der Waals surface area contributed by atoms with Crippen molar-refractivity contribution >= 4 is 12.6 Å². The quantitative estimate of drug-likeness (QED) is 0.813. The van der Waals surface area contributed by atoms with Gasteiger partial charge in [0.2, 0.25) is 0 Å².